The number of esters is 1. The molecule has 6 heteroatoms. The van der Waals surface area contributed by atoms with Gasteiger partial charge in [0, 0.05) is 32.7 Å². The van der Waals surface area contributed by atoms with Crippen molar-refractivity contribution >= 4 is 12.0 Å². The number of amides is 2. The van der Waals surface area contributed by atoms with Crippen LogP contribution in [0, 0.1) is 0 Å². The van der Waals surface area contributed by atoms with Gasteiger partial charge >= 0.3 is 12.0 Å². The highest BCUT2D eigenvalue weighted by Crippen LogP contribution is 2.02. The van der Waals surface area contributed by atoms with Crippen LogP contribution in [0.4, 0.5) is 4.79 Å². The van der Waals surface area contributed by atoms with Gasteiger partial charge in [0.25, 0.3) is 0 Å². The molecule has 1 fully saturated rings. The fourth-order valence-corrected chi connectivity index (χ4v) is 1.54. The highest BCUT2D eigenvalue weighted by molar-refractivity contribution is 5.72. The van der Waals surface area contributed by atoms with E-state index in [4.69, 9.17) is 5.73 Å². The molecule has 15 heavy (non-hydrogen) atoms. The van der Waals surface area contributed by atoms with E-state index in [0.29, 0.717) is 26.1 Å². The lowest BCUT2D eigenvalue weighted by Crippen LogP contribution is -2.50. The third-order valence-corrected chi connectivity index (χ3v) is 2.54. The topological polar surface area (TPSA) is 75.9 Å². The number of hydrogen-bond donors (Lipinski definition) is 1. The Bertz CT molecular complexity index is 237. The number of carbonyl (C=O) groups excluding carboxylic acids is 2. The van der Waals surface area contributed by atoms with Crippen LogP contribution in [-0.4, -0.2) is 61.6 Å². The second-order valence-electron chi connectivity index (χ2n) is 3.49. The maximum absolute atomic E-state index is 10.9. The fraction of sp³-hybridized carbons (Fsp3) is 0.778. The van der Waals surface area contributed by atoms with Crippen molar-refractivity contribution in [2.24, 2.45) is 5.73 Å². The summed E-state index contributed by atoms with van der Waals surface area (Å²) in [5, 5.41) is 0. The van der Waals surface area contributed by atoms with Crippen molar-refractivity contribution < 1.29 is 14.3 Å². The highest BCUT2D eigenvalue weighted by atomic mass is 16.5. The molecule has 1 heterocycles. The lowest BCUT2D eigenvalue weighted by atomic mass is 10.3. The molecule has 0 aliphatic carbocycles. The zero-order valence-corrected chi connectivity index (χ0v) is 8.94. The fourth-order valence-electron chi connectivity index (χ4n) is 1.54. The summed E-state index contributed by atoms with van der Waals surface area (Å²) in [7, 11) is 1.38. The molecule has 1 saturated heterocycles. The first-order chi connectivity index (χ1) is 7.13. The minimum Gasteiger partial charge on any atom is -0.469 e. The van der Waals surface area contributed by atoms with Crippen LogP contribution in [0.15, 0.2) is 0 Å². The van der Waals surface area contributed by atoms with Crippen LogP contribution in [0.5, 0.6) is 0 Å². The van der Waals surface area contributed by atoms with Gasteiger partial charge in [0.05, 0.1) is 13.5 Å². The SMILES string of the molecule is COC(=O)CCN1CCN(C(N)=O)CC1. The molecule has 86 valence electrons. The van der Waals surface area contributed by atoms with E-state index >= 15 is 0 Å². The van der Waals surface area contributed by atoms with Gasteiger partial charge in [-0.1, -0.05) is 0 Å². The van der Waals surface area contributed by atoms with E-state index < -0.39 is 0 Å². The predicted molar refractivity (Wildman–Crippen MR) is 54.2 cm³/mol. The standard InChI is InChI=1S/C9H17N3O3/c1-15-8(13)2-3-11-4-6-12(7-5-11)9(10)14/h2-7H2,1H3,(H2,10,14). The highest BCUT2D eigenvalue weighted by Gasteiger charge is 2.19. The van der Waals surface area contributed by atoms with Crippen molar-refractivity contribution in [1.82, 2.24) is 9.80 Å². The van der Waals surface area contributed by atoms with E-state index in [9.17, 15) is 9.59 Å². The smallest absolute Gasteiger partial charge is 0.314 e. The minimum atomic E-state index is -0.373. The third-order valence-electron chi connectivity index (χ3n) is 2.54. The molecule has 0 radical (unpaired) electrons. The molecule has 0 aromatic heterocycles. The Morgan fingerprint density at radius 3 is 2.33 bits per heavy atom. The molecule has 0 aromatic carbocycles. The van der Waals surface area contributed by atoms with Gasteiger partial charge in [0.1, 0.15) is 0 Å². The molecule has 2 N–H and O–H groups in total. The molecule has 0 aromatic rings. The van der Waals surface area contributed by atoms with E-state index in [1.165, 1.54) is 7.11 Å². The number of nitrogens with two attached hydrogens (primary N) is 1. The van der Waals surface area contributed by atoms with Crippen molar-refractivity contribution in [2.45, 2.75) is 6.42 Å². The summed E-state index contributed by atoms with van der Waals surface area (Å²) in [6.45, 7) is 3.48. The number of carbonyl (C=O) groups is 2. The number of piperazine rings is 1. The van der Waals surface area contributed by atoms with E-state index in [2.05, 4.69) is 9.64 Å². The quantitative estimate of drug-likeness (QED) is 0.628. The summed E-state index contributed by atoms with van der Waals surface area (Å²) in [6, 6.07) is -0.373. The van der Waals surface area contributed by atoms with Gasteiger partial charge in [-0.15, -0.1) is 0 Å². The molecule has 6 nitrogen and oxygen atoms in total. The van der Waals surface area contributed by atoms with Crippen molar-refractivity contribution in [1.29, 1.82) is 0 Å². The third kappa shape index (κ3) is 3.75. The lowest BCUT2D eigenvalue weighted by Gasteiger charge is -2.33. The van der Waals surface area contributed by atoms with E-state index in [1.807, 2.05) is 0 Å². The van der Waals surface area contributed by atoms with E-state index in [0.717, 1.165) is 13.1 Å². The molecule has 2 amide bonds. The normalized spacial score (nSPS) is 17.5. The number of urea groups is 1. The second-order valence-corrected chi connectivity index (χ2v) is 3.49. The number of methoxy groups -OCH3 is 1. The number of ether oxygens (including phenoxy) is 1. The van der Waals surface area contributed by atoms with Crippen molar-refractivity contribution in [3.05, 3.63) is 0 Å². The Morgan fingerprint density at radius 2 is 1.87 bits per heavy atom. The molecule has 1 rings (SSSR count). The Morgan fingerprint density at radius 1 is 1.27 bits per heavy atom. The average molecular weight is 215 g/mol. The van der Waals surface area contributed by atoms with Crippen LogP contribution >= 0.6 is 0 Å². The predicted octanol–water partition coefficient (Wildman–Crippen LogP) is -0.754. The molecule has 0 saturated carbocycles. The second kappa shape index (κ2) is 5.55. The summed E-state index contributed by atoms with van der Waals surface area (Å²) in [6.07, 6.45) is 0.396. The number of rotatable bonds is 3. The van der Waals surface area contributed by atoms with Crippen LogP contribution in [0.2, 0.25) is 0 Å². The van der Waals surface area contributed by atoms with E-state index in [-0.39, 0.29) is 12.0 Å². The van der Waals surface area contributed by atoms with Gasteiger partial charge in [-0.3, -0.25) is 9.69 Å². The first-order valence-corrected chi connectivity index (χ1v) is 4.97. The molecule has 1 aliphatic heterocycles. The zero-order valence-electron chi connectivity index (χ0n) is 8.94. The maximum atomic E-state index is 10.9. The lowest BCUT2D eigenvalue weighted by molar-refractivity contribution is -0.141. The van der Waals surface area contributed by atoms with Crippen LogP contribution in [-0.2, 0) is 9.53 Å². The molecular formula is C9H17N3O3. The van der Waals surface area contributed by atoms with Gasteiger partial charge in [-0.25, -0.2) is 4.79 Å². The van der Waals surface area contributed by atoms with Gasteiger partial charge < -0.3 is 15.4 Å². The molecule has 0 bridgehead atoms. The minimum absolute atomic E-state index is 0.202. The molecule has 0 spiro atoms. The number of primary amides is 1. The Labute approximate surface area is 88.9 Å². The van der Waals surface area contributed by atoms with Crippen LogP contribution in [0.25, 0.3) is 0 Å². The summed E-state index contributed by atoms with van der Waals surface area (Å²) in [5.74, 6) is -0.202. The summed E-state index contributed by atoms with van der Waals surface area (Å²) in [4.78, 5) is 25.4. The summed E-state index contributed by atoms with van der Waals surface area (Å²) in [5.41, 5.74) is 5.15. The van der Waals surface area contributed by atoms with Gasteiger partial charge in [-0.05, 0) is 0 Å². The van der Waals surface area contributed by atoms with Crippen molar-refractivity contribution in [3.8, 4) is 0 Å². The monoisotopic (exact) mass is 215 g/mol. The molecule has 0 atom stereocenters. The van der Waals surface area contributed by atoms with Crippen LogP contribution in [0.1, 0.15) is 6.42 Å². The average Bonchev–Trinajstić information content (AvgIpc) is 2.26. The van der Waals surface area contributed by atoms with Gasteiger partial charge in [0.2, 0.25) is 0 Å². The summed E-state index contributed by atoms with van der Waals surface area (Å²) < 4.78 is 4.55. The van der Waals surface area contributed by atoms with Gasteiger partial charge in [-0.2, -0.15) is 0 Å². The van der Waals surface area contributed by atoms with Crippen LogP contribution < -0.4 is 5.73 Å². The number of hydrogen-bond acceptors (Lipinski definition) is 4. The zero-order chi connectivity index (χ0) is 11.3. The maximum Gasteiger partial charge on any atom is 0.314 e. The Kier molecular flexibility index (Phi) is 4.36. The van der Waals surface area contributed by atoms with E-state index in [1.54, 1.807) is 4.90 Å². The first kappa shape index (κ1) is 11.8. The molecule has 0 unspecified atom stereocenters. The van der Waals surface area contributed by atoms with Gasteiger partial charge in [0.15, 0.2) is 0 Å². The van der Waals surface area contributed by atoms with Crippen LogP contribution in [0.3, 0.4) is 0 Å². The summed E-state index contributed by atoms with van der Waals surface area (Å²) >= 11 is 0. The largest absolute Gasteiger partial charge is 0.469 e. The molecular weight excluding hydrogens is 198 g/mol. The number of nitrogens with zero attached hydrogens (tertiary/aromatic N) is 2. The Balaban J connectivity index is 2.20. The first-order valence-electron chi connectivity index (χ1n) is 4.97. The Hall–Kier alpha value is -1.30. The molecule has 1 aliphatic rings. The van der Waals surface area contributed by atoms with Crippen molar-refractivity contribution in [3.63, 3.8) is 0 Å². The van der Waals surface area contributed by atoms with Crippen molar-refractivity contribution in [2.75, 3.05) is 39.8 Å².